The highest BCUT2D eigenvalue weighted by molar-refractivity contribution is 5.92. The number of fused-ring (bicyclic) bond motifs is 1. The van der Waals surface area contributed by atoms with E-state index in [1.807, 2.05) is 24.3 Å². The summed E-state index contributed by atoms with van der Waals surface area (Å²) in [5.41, 5.74) is -0.434. The first-order chi connectivity index (χ1) is 15.7. The van der Waals surface area contributed by atoms with Gasteiger partial charge < -0.3 is 30.7 Å². The lowest BCUT2D eigenvalue weighted by molar-refractivity contribution is -0.149. The molecule has 0 bridgehead atoms. The number of ether oxygens (including phenoxy) is 1. The number of hydrogen-bond donors (Lipinski definition) is 4. The van der Waals surface area contributed by atoms with E-state index in [0.29, 0.717) is 19.7 Å². The number of nitrogens with zero attached hydrogens (tertiary/aromatic N) is 1. The zero-order valence-corrected chi connectivity index (χ0v) is 19.7. The van der Waals surface area contributed by atoms with Gasteiger partial charge in [-0.05, 0) is 57.1 Å². The smallest absolute Gasteiger partial charge is 0.246 e. The van der Waals surface area contributed by atoms with Crippen LogP contribution in [0, 0.1) is 5.92 Å². The average Bonchev–Trinajstić information content (AvgIpc) is 3.59. The highest BCUT2D eigenvalue weighted by Gasteiger charge is 2.44. The first-order valence-electron chi connectivity index (χ1n) is 11.7. The minimum absolute atomic E-state index is 0.189. The quantitative estimate of drug-likeness (QED) is 0.501. The third kappa shape index (κ3) is 6.91. The van der Waals surface area contributed by atoms with Crippen molar-refractivity contribution < 1.29 is 24.2 Å². The fraction of sp³-hybridized carbons (Fsp3) is 0.625. The van der Waals surface area contributed by atoms with Gasteiger partial charge in [0.15, 0.2) is 0 Å². The molecular formula is C24H36N4O5. The molecule has 0 aromatic heterocycles. The van der Waals surface area contributed by atoms with Crippen LogP contribution in [0.5, 0.6) is 5.75 Å². The fourth-order valence-corrected chi connectivity index (χ4v) is 4.26. The standard InChI is InChI=1S/C24H36N4O5/c1-24(2,32)21-22(30)27-15-19(29)25-12-6-8-16-7-4-5-9-18(16)33-14-13-26-20(17-10-11-17)23(31)28(21)3/h4-5,7,9,17,20-21,26,32H,6,8,10-15H2,1-3H3,(H,25,29)(H,27,30). The number of carbonyl (C=O) groups excluding carboxylic acids is 3. The van der Waals surface area contributed by atoms with Crippen molar-refractivity contribution in [1.29, 1.82) is 0 Å². The Morgan fingerprint density at radius 1 is 1.09 bits per heavy atom. The van der Waals surface area contributed by atoms with E-state index >= 15 is 0 Å². The van der Waals surface area contributed by atoms with E-state index in [2.05, 4.69) is 16.0 Å². The van der Waals surface area contributed by atoms with Crippen molar-refractivity contribution in [3.8, 4) is 5.75 Å². The van der Waals surface area contributed by atoms with E-state index in [0.717, 1.165) is 37.0 Å². The molecule has 9 nitrogen and oxygen atoms in total. The lowest BCUT2D eigenvalue weighted by Crippen LogP contribution is -2.62. The minimum Gasteiger partial charge on any atom is -0.492 e. The minimum atomic E-state index is -1.49. The van der Waals surface area contributed by atoms with E-state index < -0.39 is 23.6 Å². The number of carbonyl (C=O) groups is 3. The summed E-state index contributed by atoms with van der Waals surface area (Å²) < 4.78 is 5.98. The average molecular weight is 461 g/mol. The summed E-state index contributed by atoms with van der Waals surface area (Å²) in [6.07, 6.45) is 3.33. The van der Waals surface area contributed by atoms with Crippen molar-refractivity contribution in [3.63, 3.8) is 0 Å². The summed E-state index contributed by atoms with van der Waals surface area (Å²) >= 11 is 0. The monoisotopic (exact) mass is 460 g/mol. The highest BCUT2D eigenvalue weighted by atomic mass is 16.5. The predicted octanol–water partition coefficient (Wildman–Crippen LogP) is 0.210. The largest absolute Gasteiger partial charge is 0.492 e. The predicted molar refractivity (Wildman–Crippen MR) is 124 cm³/mol. The van der Waals surface area contributed by atoms with Gasteiger partial charge in [0.25, 0.3) is 0 Å². The molecule has 1 aromatic rings. The zero-order valence-electron chi connectivity index (χ0n) is 19.7. The molecule has 3 rings (SSSR count). The Morgan fingerprint density at radius 3 is 2.52 bits per heavy atom. The SMILES string of the molecule is CN1C(=O)C(C2CC2)NCCOc2ccccc2CCCNC(=O)CNC(=O)C1C(C)(C)O. The van der Waals surface area contributed by atoms with Gasteiger partial charge in [0.1, 0.15) is 18.4 Å². The number of amides is 3. The Hall–Kier alpha value is -2.65. The Morgan fingerprint density at radius 2 is 1.82 bits per heavy atom. The summed E-state index contributed by atoms with van der Waals surface area (Å²) in [5, 5.41) is 19.3. The summed E-state index contributed by atoms with van der Waals surface area (Å²) in [6, 6.07) is 6.21. The van der Waals surface area contributed by atoms with Crippen LogP contribution in [0.1, 0.15) is 38.7 Å². The first kappa shape index (κ1) is 25.0. The van der Waals surface area contributed by atoms with Gasteiger partial charge in [-0.3, -0.25) is 14.4 Å². The summed E-state index contributed by atoms with van der Waals surface area (Å²) in [4.78, 5) is 39.7. The van der Waals surface area contributed by atoms with Crippen LogP contribution in [-0.2, 0) is 20.8 Å². The molecule has 1 heterocycles. The third-order valence-corrected chi connectivity index (χ3v) is 6.08. The van der Waals surface area contributed by atoms with Crippen LogP contribution in [0.25, 0.3) is 0 Å². The van der Waals surface area contributed by atoms with Crippen LogP contribution in [-0.4, -0.2) is 78.7 Å². The highest BCUT2D eigenvalue weighted by Crippen LogP contribution is 2.34. The number of benzene rings is 1. The van der Waals surface area contributed by atoms with Crippen LogP contribution < -0.4 is 20.7 Å². The van der Waals surface area contributed by atoms with E-state index in [1.54, 1.807) is 0 Å². The number of hydrogen-bond acceptors (Lipinski definition) is 6. The molecule has 0 saturated heterocycles. The molecule has 33 heavy (non-hydrogen) atoms. The third-order valence-electron chi connectivity index (χ3n) is 6.08. The Balaban J connectivity index is 1.79. The Bertz CT molecular complexity index is 850. The van der Waals surface area contributed by atoms with Crippen molar-refractivity contribution in [2.75, 3.05) is 33.3 Å². The van der Waals surface area contributed by atoms with Crippen molar-refractivity contribution in [2.45, 2.75) is 57.2 Å². The molecule has 1 aliphatic heterocycles. The van der Waals surface area contributed by atoms with E-state index in [-0.39, 0.29) is 24.3 Å². The van der Waals surface area contributed by atoms with Gasteiger partial charge in [0.05, 0.1) is 18.2 Å². The maximum absolute atomic E-state index is 13.3. The molecule has 9 heteroatoms. The molecule has 1 saturated carbocycles. The molecule has 2 atom stereocenters. The van der Waals surface area contributed by atoms with E-state index in [4.69, 9.17) is 4.74 Å². The second kappa shape index (κ2) is 11.0. The van der Waals surface area contributed by atoms with Crippen LogP contribution in [0.4, 0.5) is 0 Å². The molecule has 4 N–H and O–H groups in total. The number of para-hydroxylation sites is 1. The van der Waals surface area contributed by atoms with E-state index in [9.17, 15) is 19.5 Å². The second-order valence-corrected chi connectivity index (χ2v) is 9.40. The number of nitrogens with one attached hydrogen (secondary N) is 3. The summed E-state index contributed by atoms with van der Waals surface area (Å²) in [5.74, 6) is -0.163. The number of rotatable bonds is 2. The van der Waals surface area contributed by atoms with Crippen LogP contribution in [0.2, 0.25) is 0 Å². The van der Waals surface area contributed by atoms with Crippen LogP contribution in [0.15, 0.2) is 24.3 Å². The van der Waals surface area contributed by atoms with Gasteiger partial charge in [-0.2, -0.15) is 0 Å². The van der Waals surface area contributed by atoms with Crippen molar-refractivity contribution in [3.05, 3.63) is 29.8 Å². The topological polar surface area (TPSA) is 120 Å². The zero-order chi connectivity index (χ0) is 24.0. The normalized spacial score (nSPS) is 24.6. The van der Waals surface area contributed by atoms with Crippen molar-refractivity contribution in [1.82, 2.24) is 20.9 Å². The molecule has 2 aliphatic rings. The first-order valence-corrected chi connectivity index (χ1v) is 11.7. The maximum atomic E-state index is 13.3. The molecule has 3 amide bonds. The van der Waals surface area contributed by atoms with E-state index in [1.165, 1.54) is 25.8 Å². The Kier molecular flexibility index (Phi) is 8.31. The van der Waals surface area contributed by atoms with Crippen LogP contribution in [0.3, 0.4) is 0 Å². The molecule has 1 fully saturated rings. The van der Waals surface area contributed by atoms with Gasteiger partial charge in [0.2, 0.25) is 17.7 Å². The van der Waals surface area contributed by atoms with Crippen LogP contribution >= 0.6 is 0 Å². The van der Waals surface area contributed by atoms with Crippen molar-refractivity contribution in [2.24, 2.45) is 5.92 Å². The molecule has 2 unspecified atom stereocenters. The molecule has 1 aromatic carbocycles. The molecule has 182 valence electrons. The van der Waals surface area contributed by atoms with Gasteiger partial charge in [-0.1, -0.05) is 18.2 Å². The Labute approximate surface area is 195 Å². The summed E-state index contributed by atoms with van der Waals surface area (Å²) in [7, 11) is 1.52. The van der Waals surface area contributed by atoms with Gasteiger partial charge in [-0.25, -0.2) is 0 Å². The fourth-order valence-electron chi connectivity index (χ4n) is 4.26. The van der Waals surface area contributed by atoms with Crippen molar-refractivity contribution >= 4 is 17.7 Å². The lowest BCUT2D eigenvalue weighted by Gasteiger charge is -2.37. The van der Waals surface area contributed by atoms with Gasteiger partial charge in [-0.15, -0.1) is 0 Å². The number of aryl methyl sites for hydroxylation is 1. The van der Waals surface area contributed by atoms with Gasteiger partial charge >= 0.3 is 0 Å². The molecule has 1 aliphatic carbocycles. The lowest BCUT2D eigenvalue weighted by atomic mass is 9.95. The number of aliphatic hydroxyl groups is 1. The van der Waals surface area contributed by atoms with Gasteiger partial charge in [0, 0.05) is 20.1 Å². The molecular weight excluding hydrogens is 424 g/mol. The summed E-state index contributed by atoms with van der Waals surface area (Å²) in [6.45, 7) is 4.07. The number of likely N-dealkylation sites (N-methyl/N-ethyl adjacent to an activating group) is 1. The maximum Gasteiger partial charge on any atom is 0.246 e. The second-order valence-electron chi connectivity index (χ2n) is 9.40. The molecule has 0 radical (unpaired) electrons. The molecule has 0 spiro atoms.